The van der Waals surface area contributed by atoms with Crippen molar-refractivity contribution in [3.63, 3.8) is 0 Å². The van der Waals surface area contributed by atoms with E-state index in [1.54, 1.807) is 25.8 Å². The van der Waals surface area contributed by atoms with Crippen molar-refractivity contribution in [2.75, 3.05) is 26.5 Å². The highest BCUT2D eigenvalue weighted by atomic mass is 32.2. The van der Waals surface area contributed by atoms with Gasteiger partial charge in [-0.3, -0.25) is 14.2 Å². The fraction of sp³-hybridized carbons (Fsp3) is 0.452. The van der Waals surface area contributed by atoms with Crippen LogP contribution in [0, 0.1) is 6.92 Å². The van der Waals surface area contributed by atoms with Crippen LogP contribution in [0.2, 0.25) is 0 Å². The molecule has 0 saturated carbocycles. The van der Waals surface area contributed by atoms with Crippen LogP contribution in [0.15, 0.2) is 52.4 Å². The monoisotopic (exact) mass is 551 g/mol. The van der Waals surface area contributed by atoms with Gasteiger partial charge in [0.05, 0.1) is 14.2 Å². The Morgan fingerprint density at radius 1 is 1.03 bits per heavy atom. The first kappa shape index (κ1) is 30.3. The normalized spacial score (nSPS) is 11.4. The van der Waals surface area contributed by atoms with Crippen LogP contribution in [0.25, 0.3) is 0 Å². The molecule has 0 spiro atoms. The third-order valence-electron chi connectivity index (χ3n) is 6.71. The fourth-order valence-corrected chi connectivity index (χ4v) is 5.21. The number of aromatic nitrogens is 2. The minimum absolute atomic E-state index is 0.0157. The summed E-state index contributed by atoms with van der Waals surface area (Å²) in [5.74, 6) is 2.09. The average molecular weight is 552 g/mol. The minimum Gasteiger partial charge on any atom is -0.493 e. The largest absolute Gasteiger partial charge is 0.493 e. The maximum Gasteiger partial charge on any atom is 0.257 e. The van der Waals surface area contributed by atoms with E-state index in [2.05, 4.69) is 50.4 Å². The quantitative estimate of drug-likeness (QED) is 0.189. The molecule has 8 heteroatoms. The van der Waals surface area contributed by atoms with Gasteiger partial charge in [-0.15, -0.1) is 0 Å². The molecule has 1 N–H and O–H groups in total. The molecule has 2 aromatic carbocycles. The number of nitrogens with zero attached hydrogens (tertiary/aromatic N) is 2. The van der Waals surface area contributed by atoms with Gasteiger partial charge in [-0.25, -0.2) is 4.98 Å². The summed E-state index contributed by atoms with van der Waals surface area (Å²) in [7, 11) is 4.98. The van der Waals surface area contributed by atoms with Crippen LogP contribution < -0.4 is 20.3 Å². The van der Waals surface area contributed by atoms with E-state index in [1.807, 2.05) is 25.1 Å². The van der Waals surface area contributed by atoms with Gasteiger partial charge in [-0.1, -0.05) is 62.9 Å². The van der Waals surface area contributed by atoms with E-state index < -0.39 is 0 Å². The van der Waals surface area contributed by atoms with Crippen molar-refractivity contribution in [3.8, 4) is 11.5 Å². The Labute approximate surface area is 236 Å². The lowest BCUT2D eigenvalue weighted by Gasteiger charge is -2.19. The Morgan fingerprint density at radius 3 is 2.33 bits per heavy atom. The van der Waals surface area contributed by atoms with Gasteiger partial charge in [-0.2, -0.15) is 0 Å². The lowest BCUT2D eigenvalue weighted by Crippen LogP contribution is -2.26. The summed E-state index contributed by atoms with van der Waals surface area (Å²) >= 11 is 1.51. The number of amides is 1. The molecule has 1 aromatic heterocycles. The molecule has 0 aliphatic carbocycles. The van der Waals surface area contributed by atoms with Crippen LogP contribution >= 0.6 is 11.8 Å². The van der Waals surface area contributed by atoms with E-state index in [9.17, 15) is 9.59 Å². The molecule has 7 nitrogen and oxygen atoms in total. The van der Waals surface area contributed by atoms with Crippen LogP contribution in [-0.4, -0.2) is 42.0 Å². The van der Waals surface area contributed by atoms with E-state index >= 15 is 0 Å². The van der Waals surface area contributed by atoms with Gasteiger partial charge < -0.3 is 14.8 Å². The van der Waals surface area contributed by atoms with E-state index in [1.165, 1.54) is 17.3 Å². The Morgan fingerprint density at radius 2 is 1.69 bits per heavy atom. The van der Waals surface area contributed by atoms with Crippen molar-refractivity contribution in [1.29, 1.82) is 0 Å². The molecule has 0 atom stereocenters. The van der Waals surface area contributed by atoms with Crippen LogP contribution in [0.3, 0.4) is 0 Å². The van der Waals surface area contributed by atoms with Gasteiger partial charge >= 0.3 is 0 Å². The summed E-state index contributed by atoms with van der Waals surface area (Å²) in [6.07, 6.45) is 2.39. The summed E-state index contributed by atoms with van der Waals surface area (Å²) in [6, 6.07) is 14.2. The third-order valence-corrected chi connectivity index (χ3v) is 7.83. The highest BCUT2D eigenvalue weighted by molar-refractivity contribution is 7.99. The molecule has 0 saturated heterocycles. The van der Waals surface area contributed by atoms with Gasteiger partial charge in [0.25, 0.3) is 5.56 Å². The molecule has 210 valence electrons. The molecule has 0 fully saturated rings. The van der Waals surface area contributed by atoms with Gasteiger partial charge in [0.2, 0.25) is 5.91 Å². The van der Waals surface area contributed by atoms with Crippen molar-refractivity contribution >= 4 is 17.7 Å². The van der Waals surface area contributed by atoms with Gasteiger partial charge in [0.1, 0.15) is 0 Å². The summed E-state index contributed by atoms with van der Waals surface area (Å²) < 4.78 is 12.2. The number of methoxy groups -OCH3 is 2. The second-order valence-electron chi connectivity index (χ2n) is 10.7. The van der Waals surface area contributed by atoms with E-state index in [4.69, 9.17) is 14.5 Å². The summed E-state index contributed by atoms with van der Waals surface area (Å²) in [6.45, 7) is 9.02. The van der Waals surface area contributed by atoms with Crippen LogP contribution in [-0.2, 0) is 30.1 Å². The molecule has 0 radical (unpaired) electrons. The Balaban J connectivity index is 1.47. The predicted molar refractivity (Wildman–Crippen MR) is 158 cm³/mol. The highest BCUT2D eigenvalue weighted by Gasteiger charge is 2.16. The van der Waals surface area contributed by atoms with Gasteiger partial charge in [0.15, 0.2) is 16.7 Å². The first-order chi connectivity index (χ1) is 18.5. The first-order valence-electron chi connectivity index (χ1n) is 13.3. The average Bonchev–Trinajstić information content (AvgIpc) is 2.91. The molecule has 3 aromatic rings. The molecule has 1 heterocycles. The molecule has 0 unspecified atom stereocenters. The van der Waals surface area contributed by atoms with Crippen LogP contribution in [0.1, 0.15) is 61.6 Å². The lowest BCUT2D eigenvalue weighted by atomic mass is 9.86. The Bertz CT molecular complexity index is 1330. The minimum atomic E-state index is -0.0159. The number of carbonyl (C=O) groups excluding carboxylic acids is 1. The number of nitrogens with one attached hydrogen (secondary N) is 1. The van der Waals surface area contributed by atoms with E-state index in [0.29, 0.717) is 54.6 Å². The van der Waals surface area contributed by atoms with Gasteiger partial charge in [0, 0.05) is 43.4 Å². The van der Waals surface area contributed by atoms with Crippen molar-refractivity contribution < 1.29 is 14.3 Å². The van der Waals surface area contributed by atoms with E-state index in [-0.39, 0.29) is 16.9 Å². The number of carbonyl (C=O) groups is 1. The van der Waals surface area contributed by atoms with Crippen molar-refractivity contribution in [2.45, 2.75) is 63.9 Å². The number of rotatable bonds is 12. The molecule has 0 aliphatic rings. The second-order valence-corrected chi connectivity index (χ2v) is 11.7. The standard InChI is InChI=1S/C31H41N3O4S/c1-21-25(19-22-10-13-24(14-11-22)31(2,3)4)29(36)34(5)30(33-21)39-18-8-9-28(35)32-17-16-23-12-15-26(37-6)27(20-23)38-7/h10-15,20H,8-9,16-19H2,1-7H3,(H,32,35). The lowest BCUT2D eigenvalue weighted by molar-refractivity contribution is -0.121. The van der Waals surface area contributed by atoms with E-state index in [0.717, 1.165) is 22.4 Å². The second kappa shape index (κ2) is 13.7. The zero-order chi connectivity index (χ0) is 28.6. The first-order valence-corrected chi connectivity index (χ1v) is 14.3. The molecule has 1 amide bonds. The molecular weight excluding hydrogens is 510 g/mol. The van der Waals surface area contributed by atoms with Crippen molar-refractivity contribution in [2.24, 2.45) is 7.05 Å². The van der Waals surface area contributed by atoms with Crippen molar-refractivity contribution in [3.05, 3.63) is 80.8 Å². The van der Waals surface area contributed by atoms with Crippen molar-refractivity contribution in [1.82, 2.24) is 14.9 Å². The third kappa shape index (κ3) is 8.36. The predicted octanol–water partition coefficient (Wildman–Crippen LogP) is 5.23. The molecule has 0 aliphatic heterocycles. The summed E-state index contributed by atoms with van der Waals surface area (Å²) in [5.41, 5.74) is 4.99. The number of thioether (sulfide) groups is 1. The molecular formula is C31H41N3O4S. The maximum absolute atomic E-state index is 13.1. The molecule has 39 heavy (non-hydrogen) atoms. The fourth-order valence-electron chi connectivity index (χ4n) is 4.26. The number of ether oxygens (including phenoxy) is 2. The maximum atomic E-state index is 13.1. The number of hydrogen-bond acceptors (Lipinski definition) is 6. The van der Waals surface area contributed by atoms with Gasteiger partial charge in [-0.05, 0) is 54.0 Å². The zero-order valence-corrected chi connectivity index (χ0v) is 25.0. The molecule has 0 bridgehead atoms. The Hall–Kier alpha value is -3.26. The summed E-state index contributed by atoms with van der Waals surface area (Å²) in [5, 5.41) is 3.66. The highest BCUT2D eigenvalue weighted by Crippen LogP contribution is 2.27. The number of aryl methyl sites for hydroxylation is 1. The number of hydrogen-bond donors (Lipinski definition) is 1. The van der Waals surface area contributed by atoms with Crippen LogP contribution in [0.4, 0.5) is 0 Å². The topological polar surface area (TPSA) is 82.5 Å². The smallest absolute Gasteiger partial charge is 0.257 e. The SMILES string of the molecule is COc1ccc(CCNC(=O)CCCSc2nc(C)c(Cc3ccc(C(C)(C)C)cc3)c(=O)n2C)cc1OC. The Kier molecular flexibility index (Phi) is 10.6. The van der Waals surface area contributed by atoms with Crippen LogP contribution in [0.5, 0.6) is 11.5 Å². The molecule has 3 rings (SSSR count). The zero-order valence-electron chi connectivity index (χ0n) is 24.2. The summed E-state index contributed by atoms with van der Waals surface area (Å²) in [4.78, 5) is 30.1. The number of benzene rings is 2.